The van der Waals surface area contributed by atoms with Crippen molar-refractivity contribution in [2.75, 3.05) is 0 Å². The molecule has 0 bridgehead atoms. The molecule has 0 fully saturated rings. The molecule has 1 atom stereocenters. The molecule has 0 aromatic rings. The molecule has 0 saturated carbocycles. The Morgan fingerprint density at radius 3 is 2.88 bits per heavy atom. The second-order valence-corrected chi connectivity index (χ2v) is 1.94. The van der Waals surface area contributed by atoms with Crippen LogP contribution in [-0.2, 0) is 0 Å². The van der Waals surface area contributed by atoms with Gasteiger partial charge in [-0.2, -0.15) is 0 Å². The summed E-state index contributed by atoms with van der Waals surface area (Å²) in [4.78, 5) is 0. The number of nitrogens with two attached hydrogens (primary N) is 1. The SMILES string of the molecule is CC1=CNC(N)C=C1. The Balaban J connectivity index is 2.58. The van der Waals surface area contributed by atoms with Crippen LogP contribution in [0.3, 0.4) is 0 Å². The molecule has 0 aromatic heterocycles. The minimum Gasteiger partial charge on any atom is -0.372 e. The molecule has 0 saturated heterocycles. The number of dihydropyridines is 1. The lowest BCUT2D eigenvalue weighted by molar-refractivity contribution is 0.721. The van der Waals surface area contributed by atoms with E-state index in [0.717, 1.165) is 0 Å². The fourth-order valence-corrected chi connectivity index (χ4v) is 0.587. The first-order chi connectivity index (χ1) is 3.79. The zero-order chi connectivity index (χ0) is 5.98. The van der Waals surface area contributed by atoms with Crippen LogP contribution in [0.2, 0.25) is 0 Å². The van der Waals surface area contributed by atoms with Crippen molar-refractivity contribution in [3.63, 3.8) is 0 Å². The molecule has 1 rings (SSSR count). The molecule has 8 heavy (non-hydrogen) atoms. The quantitative estimate of drug-likeness (QED) is 0.471. The molecule has 1 aliphatic rings. The first-order valence-electron chi connectivity index (χ1n) is 2.65. The van der Waals surface area contributed by atoms with Crippen LogP contribution in [0.25, 0.3) is 0 Å². The van der Waals surface area contributed by atoms with Gasteiger partial charge in [-0.1, -0.05) is 6.08 Å². The summed E-state index contributed by atoms with van der Waals surface area (Å²) in [6.45, 7) is 2.02. The fraction of sp³-hybridized carbons (Fsp3) is 0.333. The lowest BCUT2D eigenvalue weighted by atomic mass is 10.2. The van der Waals surface area contributed by atoms with Crippen molar-refractivity contribution in [2.45, 2.75) is 13.1 Å². The van der Waals surface area contributed by atoms with Crippen LogP contribution in [0.4, 0.5) is 0 Å². The van der Waals surface area contributed by atoms with Crippen molar-refractivity contribution in [2.24, 2.45) is 5.73 Å². The number of hydrogen-bond acceptors (Lipinski definition) is 2. The summed E-state index contributed by atoms with van der Waals surface area (Å²) in [5, 5.41) is 2.96. The summed E-state index contributed by atoms with van der Waals surface area (Å²) in [5.74, 6) is 0. The van der Waals surface area contributed by atoms with Crippen molar-refractivity contribution < 1.29 is 0 Å². The van der Waals surface area contributed by atoms with Crippen molar-refractivity contribution >= 4 is 0 Å². The predicted octanol–water partition coefficient (Wildman–Crippen LogP) is 0.334. The highest BCUT2D eigenvalue weighted by molar-refractivity contribution is 5.20. The summed E-state index contributed by atoms with van der Waals surface area (Å²) in [6, 6.07) is 0. The molecule has 0 amide bonds. The minimum atomic E-state index is 0.0127. The maximum atomic E-state index is 5.45. The van der Waals surface area contributed by atoms with Gasteiger partial charge in [-0.25, -0.2) is 0 Å². The van der Waals surface area contributed by atoms with Crippen LogP contribution in [0, 0.1) is 0 Å². The van der Waals surface area contributed by atoms with Gasteiger partial charge in [-0.15, -0.1) is 0 Å². The van der Waals surface area contributed by atoms with Crippen LogP contribution >= 0.6 is 0 Å². The Hall–Kier alpha value is -0.760. The van der Waals surface area contributed by atoms with Gasteiger partial charge in [0, 0.05) is 6.20 Å². The molecule has 2 nitrogen and oxygen atoms in total. The van der Waals surface area contributed by atoms with Gasteiger partial charge in [-0.3, -0.25) is 0 Å². The van der Waals surface area contributed by atoms with E-state index in [9.17, 15) is 0 Å². The molecule has 1 heterocycles. The standard InChI is InChI=1S/C6H10N2/c1-5-2-3-6(7)8-4-5/h2-4,6,8H,7H2,1H3. The van der Waals surface area contributed by atoms with E-state index in [2.05, 4.69) is 5.32 Å². The maximum Gasteiger partial charge on any atom is 0.0934 e. The second-order valence-electron chi connectivity index (χ2n) is 1.94. The molecule has 44 valence electrons. The summed E-state index contributed by atoms with van der Waals surface area (Å²) in [7, 11) is 0. The van der Waals surface area contributed by atoms with Crippen LogP contribution in [0.5, 0.6) is 0 Å². The highest BCUT2D eigenvalue weighted by Crippen LogP contribution is 1.97. The number of allylic oxidation sites excluding steroid dienone is 2. The third kappa shape index (κ3) is 1.10. The zero-order valence-electron chi connectivity index (χ0n) is 4.89. The van der Waals surface area contributed by atoms with Gasteiger partial charge in [-0.05, 0) is 18.6 Å². The number of nitrogens with one attached hydrogen (secondary N) is 1. The highest BCUT2D eigenvalue weighted by Gasteiger charge is 1.95. The van der Waals surface area contributed by atoms with Crippen molar-refractivity contribution in [3.8, 4) is 0 Å². The van der Waals surface area contributed by atoms with Gasteiger partial charge in [0.2, 0.25) is 0 Å². The Morgan fingerprint density at radius 1 is 1.75 bits per heavy atom. The third-order valence-corrected chi connectivity index (χ3v) is 1.07. The molecule has 0 radical (unpaired) electrons. The third-order valence-electron chi connectivity index (χ3n) is 1.07. The lowest BCUT2D eigenvalue weighted by Gasteiger charge is -2.10. The van der Waals surface area contributed by atoms with E-state index in [1.54, 1.807) is 0 Å². The van der Waals surface area contributed by atoms with E-state index in [0.29, 0.717) is 0 Å². The monoisotopic (exact) mass is 110 g/mol. The van der Waals surface area contributed by atoms with E-state index in [4.69, 9.17) is 5.73 Å². The van der Waals surface area contributed by atoms with E-state index in [1.165, 1.54) is 5.57 Å². The molecular formula is C6H10N2. The first-order valence-corrected chi connectivity index (χ1v) is 2.65. The molecule has 0 spiro atoms. The van der Waals surface area contributed by atoms with Gasteiger partial charge < -0.3 is 11.1 Å². The molecular weight excluding hydrogens is 100 g/mol. The van der Waals surface area contributed by atoms with Gasteiger partial charge in [0.15, 0.2) is 0 Å². The van der Waals surface area contributed by atoms with Crippen LogP contribution in [0.1, 0.15) is 6.92 Å². The van der Waals surface area contributed by atoms with Gasteiger partial charge in [0.25, 0.3) is 0 Å². The average Bonchev–Trinajstić information content (AvgIpc) is 1.77. The predicted molar refractivity (Wildman–Crippen MR) is 34.0 cm³/mol. The summed E-state index contributed by atoms with van der Waals surface area (Å²) >= 11 is 0. The zero-order valence-corrected chi connectivity index (χ0v) is 4.89. The van der Waals surface area contributed by atoms with Gasteiger partial charge >= 0.3 is 0 Å². The second kappa shape index (κ2) is 2.01. The smallest absolute Gasteiger partial charge is 0.0934 e. The highest BCUT2D eigenvalue weighted by atomic mass is 15.0. The number of rotatable bonds is 0. The van der Waals surface area contributed by atoms with Crippen LogP contribution < -0.4 is 11.1 Å². The summed E-state index contributed by atoms with van der Waals surface area (Å²) in [5.41, 5.74) is 6.67. The molecule has 0 aliphatic carbocycles. The Labute approximate surface area is 49.1 Å². The van der Waals surface area contributed by atoms with Crippen molar-refractivity contribution in [1.82, 2.24) is 5.32 Å². The van der Waals surface area contributed by atoms with Gasteiger partial charge in [0.1, 0.15) is 0 Å². The van der Waals surface area contributed by atoms with E-state index < -0.39 is 0 Å². The van der Waals surface area contributed by atoms with Crippen LogP contribution in [0.15, 0.2) is 23.9 Å². The molecule has 0 aromatic carbocycles. The normalized spacial score (nSPS) is 26.8. The Kier molecular flexibility index (Phi) is 1.35. The number of hydrogen-bond donors (Lipinski definition) is 2. The fourth-order valence-electron chi connectivity index (χ4n) is 0.587. The topological polar surface area (TPSA) is 38.0 Å². The molecule has 1 aliphatic heterocycles. The van der Waals surface area contributed by atoms with Crippen LogP contribution in [-0.4, -0.2) is 6.17 Å². The Morgan fingerprint density at radius 2 is 2.50 bits per heavy atom. The first kappa shape index (κ1) is 5.38. The molecule has 2 heteroatoms. The summed E-state index contributed by atoms with van der Waals surface area (Å²) < 4.78 is 0. The summed E-state index contributed by atoms with van der Waals surface area (Å²) in [6.07, 6.45) is 5.85. The van der Waals surface area contributed by atoms with E-state index in [-0.39, 0.29) is 6.17 Å². The molecule has 3 N–H and O–H groups in total. The maximum absolute atomic E-state index is 5.45. The Bertz CT molecular complexity index is 135. The van der Waals surface area contributed by atoms with Crippen molar-refractivity contribution in [1.29, 1.82) is 0 Å². The van der Waals surface area contributed by atoms with Crippen molar-refractivity contribution in [3.05, 3.63) is 23.9 Å². The van der Waals surface area contributed by atoms with E-state index in [1.807, 2.05) is 25.3 Å². The van der Waals surface area contributed by atoms with Gasteiger partial charge in [0.05, 0.1) is 6.17 Å². The minimum absolute atomic E-state index is 0.0127. The average molecular weight is 110 g/mol. The lowest BCUT2D eigenvalue weighted by Crippen LogP contribution is -2.33. The largest absolute Gasteiger partial charge is 0.372 e. The van der Waals surface area contributed by atoms with E-state index >= 15 is 0 Å². The molecule has 1 unspecified atom stereocenters.